The van der Waals surface area contributed by atoms with Gasteiger partial charge in [-0.15, -0.1) is 0 Å². The molecule has 0 fully saturated rings. The number of nitrogens with zero attached hydrogens (tertiary/aromatic N) is 2. The number of aryl methyl sites for hydroxylation is 1. The maximum Gasteiger partial charge on any atom is 0.325 e. The third-order valence-corrected chi connectivity index (χ3v) is 5.14. The number of carbonyl (C=O) groups is 2. The third-order valence-electron chi connectivity index (χ3n) is 5.14. The lowest BCUT2D eigenvalue weighted by atomic mass is 9.94. The second kappa shape index (κ2) is 11.3. The Labute approximate surface area is 195 Å². The largest absolute Gasteiger partial charge is 0.486 e. The van der Waals surface area contributed by atoms with E-state index >= 15 is 0 Å². The maximum absolute atomic E-state index is 13.3. The van der Waals surface area contributed by atoms with E-state index in [4.69, 9.17) is 9.47 Å². The van der Waals surface area contributed by atoms with Crippen LogP contribution in [0.1, 0.15) is 49.9 Å². The normalized spacial score (nSPS) is 12.7. The van der Waals surface area contributed by atoms with Gasteiger partial charge < -0.3 is 14.8 Å². The van der Waals surface area contributed by atoms with Crippen LogP contribution >= 0.6 is 0 Å². The molecule has 1 heterocycles. The van der Waals surface area contributed by atoms with E-state index in [9.17, 15) is 9.59 Å². The molecule has 0 spiro atoms. The van der Waals surface area contributed by atoms with Gasteiger partial charge in [-0.25, -0.2) is 0 Å². The number of benzene rings is 2. The van der Waals surface area contributed by atoms with Gasteiger partial charge in [0.2, 0.25) is 0 Å². The number of hydrogen-bond donors (Lipinski definition) is 1. The van der Waals surface area contributed by atoms with E-state index in [1.54, 1.807) is 11.9 Å². The van der Waals surface area contributed by atoms with E-state index in [1.807, 2.05) is 56.3 Å². The summed E-state index contributed by atoms with van der Waals surface area (Å²) in [7, 11) is 0. The molecule has 0 saturated heterocycles. The number of carbonyl (C=O) groups excluding carboxylic acids is 2. The summed E-state index contributed by atoms with van der Waals surface area (Å²) in [6.07, 6.45) is 0.849. The van der Waals surface area contributed by atoms with Gasteiger partial charge in [-0.2, -0.15) is 5.10 Å². The zero-order valence-electron chi connectivity index (χ0n) is 19.7. The molecule has 1 amide bonds. The topological polar surface area (TPSA) is 80.2 Å². The molecule has 0 unspecified atom stereocenters. The number of hydrazone groups is 1. The van der Waals surface area contributed by atoms with Gasteiger partial charge in [0.25, 0.3) is 5.91 Å². The molecule has 33 heavy (non-hydrogen) atoms. The fraction of sp³-hybridized carbons (Fsp3) is 0.346. The van der Waals surface area contributed by atoms with Crippen LogP contribution in [0.5, 0.6) is 0 Å². The number of ether oxygens (including phenoxy) is 2. The average Bonchev–Trinajstić information content (AvgIpc) is 2.81. The lowest BCUT2D eigenvalue weighted by molar-refractivity contribution is -0.143. The Hall–Kier alpha value is -3.61. The SMILES string of the molecule is CCOC(=O)CNC(=O)C1=C(OCc2ccccc2)c2cccc(CC)c2CN1N=C(C)C. The predicted octanol–water partition coefficient (Wildman–Crippen LogP) is 4.03. The first kappa shape index (κ1) is 24.0. The van der Waals surface area contributed by atoms with Crippen molar-refractivity contribution in [2.24, 2.45) is 5.10 Å². The first-order chi connectivity index (χ1) is 15.9. The third kappa shape index (κ3) is 6.00. The molecule has 0 saturated carbocycles. The summed E-state index contributed by atoms with van der Waals surface area (Å²) in [6.45, 7) is 8.33. The molecule has 2 aromatic carbocycles. The zero-order chi connectivity index (χ0) is 23.8. The maximum atomic E-state index is 13.3. The van der Waals surface area contributed by atoms with E-state index in [0.717, 1.165) is 28.8 Å². The lowest BCUT2D eigenvalue weighted by Gasteiger charge is -2.32. The number of amides is 1. The van der Waals surface area contributed by atoms with Crippen molar-refractivity contribution in [3.8, 4) is 0 Å². The van der Waals surface area contributed by atoms with Gasteiger partial charge in [-0.1, -0.05) is 55.5 Å². The summed E-state index contributed by atoms with van der Waals surface area (Å²) in [5.41, 5.74) is 5.18. The molecule has 174 valence electrons. The molecular weight excluding hydrogens is 418 g/mol. The van der Waals surface area contributed by atoms with Crippen LogP contribution in [0.2, 0.25) is 0 Å². The molecule has 0 bridgehead atoms. The van der Waals surface area contributed by atoms with Crippen LogP contribution in [0.25, 0.3) is 5.76 Å². The van der Waals surface area contributed by atoms with Gasteiger partial charge in [0.15, 0.2) is 11.5 Å². The summed E-state index contributed by atoms with van der Waals surface area (Å²) >= 11 is 0. The van der Waals surface area contributed by atoms with Gasteiger partial charge in [0.1, 0.15) is 13.2 Å². The summed E-state index contributed by atoms with van der Waals surface area (Å²) < 4.78 is 11.2. The van der Waals surface area contributed by atoms with Gasteiger partial charge in [-0.05, 0) is 43.9 Å². The minimum atomic E-state index is -0.496. The van der Waals surface area contributed by atoms with E-state index in [0.29, 0.717) is 18.9 Å². The van der Waals surface area contributed by atoms with E-state index in [-0.39, 0.29) is 18.8 Å². The van der Waals surface area contributed by atoms with Crippen LogP contribution in [0.15, 0.2) is 59.3 Å². The van der Waals surface area contributed by atoms with Crippen molar-refractivity contribution in [2.45, 2.75) is 47.3 Å². The number of esters is 1. The quantitative estimate of drug-likeness (QED) is 0.462. The molecule has 1 aliphatic rings. The van der Waals surface area contributed by atoms with Crippen LogP contribution in [-0.4, -0.2) is 35.7 Å². The van der Waals surface area contributed by atoms with Crippen LogP contribution in [-0.2, 0) is 38.6 Å². The first-order valence-corrected chi connectivity index (χ1v) is 11.2. The van der Waals surface area contributed by atoms with Crippen molar-refractivity contribution >= 4 is 23.3 Å². The molecule has 1 aliphatic heterocycles. The summed E-state index contributed by atoms with van der Waals surface area (Å²) in [5.74, 6) is -0.491. The van der Waals surface area contributed by atoms with Crippen molar-refractivity contribution < 1.29 is 19.1 Å². The molecule has 0 radical (unpaired) electrons. The van der Waals surface area contributed by atoms with E-state index in [1.165, 1.54) is 5.56 Å². The van der Waals surface area contributed by atoms with Crippen LogP contribution in [0.4, 0.5) is 0 Å². The fourth-order valence-electron chi connectivity index (χ4n) is 3.71. The van der Waals surface area contributed by atoms with Crippen molar-refractivity contribution in [1.29, 1.82) is 0 Å². The summed E-state index contributed by atoms with van der Waals surface area (Å²) in [6, 6.07) is 15.8. The Balaban J connectivity index is 2.07. The van der Waals surface area contributed by atoms with Crippen LogP contribution in [0.3, 0.4) is 0 Å². The molecule has 0 aromatic heterocycles. The number of nitrogens with one attached hydrogen (secondary N) is 1. The molecule has 1 N–H and O–H groups in total. The second-order valence-electron chi connectivity index (χ2n) is 7.84. The molecular formula is C26H31N3O4. The number of hydrogen-bond acceptors (Lipinski definition) is 6. The second-order valence-corrected chi connectivity index (χ2v) is 7.84. The first-order valence-electron chi connectivity index (χ1n) is 11.2. The summed E-state index contributed by atoms with van der Waals surface area (Å²) in [5, 5.41) is 8.95. The molecule has 0 aliphatic carbocycles. The Morgan fingerprint density at radius 3 is 2.48 bits per heavy atom. The van der Waals surface area contributed by atoms with Crippen molar-refractivity contribution in [3.63, 3.8) is 0 Å². The number of fused-ring (bicyclic) bond motifs is 1. The van der Waals surface area contributed by atoms with Gasteiger partial charge in [0, 0.05) is 11.3 Å². The highest BCUT2D eigenvalue weighted by atomic mass is 16.5. The standard InChI is InChI=1S/C26H31N3O4/c1-5-20-13-10-14-21-22(20)16-29(28-18(3)4)24(26(31)27-15-23(30)32-6-2)25(21)33-17-19-11-8-7-9-12-19/h7-14H,5-6,15-17H2,1-4H3,(H,27,31). The Morgan fingerprint density at radius 1 is 1.06 bits per heavy atom. The smallest absolute Gasteiger partial charge is 0.325 e. The fourth-order valence-corrected chi connectivity index (χ4v) is 3.71. The monoisotopic (exact) mass is 449 g/mol. The highest BCUT2D eigenvalue weighted by molar-refractivity contribution is 6.01. The van der Waals surface area contributed by atoms with E-state index in [2.05, 4.69) is 23.4 Å². The van der Waals surface area contributed by atoms with Gasteiger partial charge in [0.05, 0.1) is 13.2 Å². The van der Waals surface area contributed by atoms with Crippen LogP contribution < -0.4 is 5.32 Å². The molecule has 7 heteroatoms. The van der Waals surface area contributed by atoms with Gasteiger partial charge >= 0.3 is 5.97 Å². The predicted molar refractivity (Wildman–Crippen MR) is 128 cm³/mol. The molecule has 2 aromatic rings. The Kier molecular flexibility index (Phi) is 8.24. The van der Waals surface area contributed by atoms with Crippen molar-refractivity contribution in [2.75, 3.05) is 13.2 Å². The number of rotatable bonds is 9. The molecule has 0 atom stereocenters. The minimum Gasteiger partial charge on any atom is -0.486 e. The highest BCUT2D eigenvalue weighted by Crippen LogP contribution is 2.35. The van der Waals surface area contributed by atoms with Crippen molar-refractivity contribution in [1.82, 2.24) is 10.3 Å². The lowest BCUT2D eigenvalue weighted by Crippen LogP contribution is -2.39. The summed E-state index contributed by atoms with van der Waals surface area (Å²) in [4.78, 5) is 25.2. The molecule has 3 rings (SSSR count). The zero-order valence-corrected chi connectivity index (χ0v) is 19.7. The van der Waals surface area contributed by atoms with Gasteiger partial charge in [-0.3, -0.25) is 14.6 Å². The van der Waals surface area contributed by atoms with E-state index < -0.39 is 11.9 Å². The highest BCUT2D eigenvalue weighted by Gasteiger charge is 2.32. The average molecular weight is 450 g/mol. The Bertz CT molecular complexity index is 1060. The minimum absolute atomic E-state index is 0.230. The Morgan fingerprint density at radius 2 is 1.82 bits per heavy atom. The van der Waals surface area contributed by atoms with Crippen LogP contribution in [0, 0.1) is 0 Å². The molecule has 7 nitrogen and oxygen atoms in total. The van der Waals surface area contributed by atoms with Crippen molar-refractivity contribution in [3.05, 3.63) is 76.5 Å².